The van der Waals surface area contributed by atoms with Crippen molar-refractivity contribution in [1.29, 1.82) is 0 Å². The Hall–Kier alpha value is -3.73. The third kappa shape index (κ3) is 2.18. The van der Waals surface area contributed by atoms with Gasteiger partial charge in [-0.1, -0.05) is 36.4 Å². The number of aromatic nitrogens is 5. The van der Waals surface area contributed by atoms with E-state index in [1.807, 2.05) is 13.8 Å². The van der Waals surface area contributed by atoms with Crippen molar-refractivity contribution in [2.24, 2.45) is 7.05 Å². The van der Waals surface area contributed by atoms with Crippen molar-refractivity contribution in [3.8, 4) is 5.95 Å². The summed E-state index contributed by atoms with van der Waals surface area (Å²) in [5.41, 5.74) is 4.68. The zero-order chi connectivity index (χ0) is 19.7. The lowest BCUT2D eigenvalue weighted by atomic mass is 10.1. The Morgan fingerprint density at radius 1 is 0.586 bits per heavy atom. The first-order chi connectivity index (χ1) is 14.1. The highest BCUT2D eigenvalue weighted by atomic mass is 15.2. The zero-order valence-corrected chi connectivity index (χ0v) is 16.5. The van der Waals surface area contributed by atoms with Gasteiger partial charge in [0.2, 0.25) is 5.95 Å². The molecule has 0 bridgehead atoms. The van der Waals surface area contributed by atoms with Gasteiger partial charge in [0.05, 0.1) is 11.0 Å². The Morgan fingerprint density at radius 2 is 1.14 bits per heavy atom. The van der Waals surface area contributed by atoms with Gasteiger partial charge < -0.3 is 4.57 Å². The normalized spacial score (nSPS) is 12.0. The molecule has 5 heteroatoms. The first-order valence-corrected chi connectivity index (χ1v) is 9.72. The van der Waals surface area contributed by atoms with E-state index in [1.165, 1.54) is 32.6 Å². The second-order valence-electron chi connectivity index (χ2n) is 7.55. The van der Waals surface area contributed by atoms with E-state index >= 15 is 0 Å². The van der Waals surface area contributed by atoms with E-state index in [0.717, 1.165) is 22.7 Å². The molecule has 0 saturated carbocycles. The summed E-state index contributed by atoms with van der Waals surface area (Å²) in [6.45, 7) is 3.82. The average Bonchev–Trinajstić information content (AvgIpc) is 3.19. The molecule has 3 aromatic heterocycles. The maximum atomic E-state index is 4.66. The van der Waals surface area contributed by atoms with Crippen molar-refractivity contribution >= 4 is 43.6 Å². The molecule has 6 aromatic rings. The Labute approximate surface area is 167 Å². The van der Waals surface area contributed by atoms with E-state index in [0.29, 0.717) is 5.95 Å². The second kappa shape index (κ2) is 5.64. The van der Waals surface area contributed by atoms with Crippen LogP contribution in [0.5, 0.6) is 0 Å². The molecular formula is C24H19N5. The standard InChI is InChI=1S/C24H19N5/c1-14-25-15(2)27-24(26-14)29-21-11-7-5-9-17(21)19-12-22-18(13-23(19)29)16-8-4-6-10-20(16)28(22)3/h4-13H,1-3H3. The fraction of sp³-hybridized carbons (Fsp3) is 0.125. The van der Waals surface area contributed by atoms with Gasteiger partial charge >= 0.3 is 0 Å². The summed E-state index contributed by atoms with van der Waals surface area (Å²) >= 11 is 0. The zero-order valence-electron chi connectivity index (χ0n) is 16.5. The van der Waals surface area contributed by atoms with Crippen LogP contribution in [0.15, 0.2) is 60.7 Å². The highest BCUT2D eigenvalue weighted by Crippen LogP contribution is 2.37. The summed E-state index contributed by atoms with van der Waals surface area (Å²) in [6, 6.07) is 21.6. The highest BCUT2D eigenvalue weighted by Gasteiger charge is 2.17. The molecule has 0 radical (unpaired) electrons. The lowest BCUT2D eigenvalue weighted by Gasteiger charge is -2.07. The Morgan fingerprint density at radius 3 is 1.86 bits per heavy atom. The number of rotatable bonds is 1. The second-order valence-corrected chi connectivity index (χ2v) is 7.55. The summed E-state index contributed by atoms with van der Waals surface area (Å²) in [4.78, 5) is 13.7. The van der Waals surface area contributed by atoms with Crippen LogP contribution in [0, 0.1) is 13.8 Å². The number of fused-ring (bicyclic) bond motifs is 6. The van der Waals surface area contributed by atoms with Crippen LogP contribution in [-0.2, 0) is 7.05 Å². The summed E-state index contributed by atoms with van der Waals surface area (Å²) in [5, 5.41) is 4.90. The topological polar surface area (TPSA) is 48.5 Å². The van der Waals surface area contributed by atoms with Crippen LogP contribution in [-0.4, -0.2) is 24.1 Å². The lowest BCUT2D eigenvalue weighted by Crippen LogP contribution is -2.06. The van der Waals surface area contributed by atoms with Crippen molar-refractivity contribution in [2.45, 2.75) is 13.8 Å². The minimum atomic E-state index is 0.667. The third-order valence-corrected chi connectivity index (χ3v) is 5.75. The van der Waals surface area contributed by atoms with Crippen LogP contribution >= 0.6 is 0 Å². The quantitative estimate of drug-likeness (QED) is 0.394. The Kier molecular flexibility index (Phi) is 3.16. The van der Waals surface area contributed by atoms with E-state index < -0.39 is 0 Å². The predicted octanol–water partition coefficient (Wildman–Crippen LogP) is 5.23. The van der Waals surface area contributed by atoms with Crippen LogP contribution in [0.2, 0.25) is 0 Å². The molecule has 0 spiro atoms. The average molecular weight is 377 g/mol. The van der Waals surface area contributed by atoms with Crippen LogP contribution in [0.1, 0.15) is 11.6 Å². The molecular weight excluding hydrogens is 358 g/mol. The van der Waals surface area contributed by atoms with Crippen LogP contribution in [0.25, 0.3) is 49.6 Å². The van der Waals surface area contributed by atoms with Gasteiger partial charge in [0.25, 0.3) is 0 Å². The molecule has 0 N–H and O–H groups in total. The van der Waals surface area contributed by atoms with Crippen molar-refractivity contribution in [3.05, 3.63) is 72.3 Å². The number of para-hydroxylation sites is 2. The highest BCUT2D eigenvalue weighted by molar-refractivity contribution is 6.18. The fourth-order valence-electron chi connectivity index (χ4n) is 4.53. The SMILES string of the molecule is Cc1nc(C)nc(-n2c3ccccc3c3cc4c(cc32)c2ccccc2n4C)n1. The van der Waals surface area contributed by atoms with Crippen molar-refractivity contribution in [3.63, 3.8) is 0 Å². The largest absolute Gasteiger partial charge is 0.344 e. The van der Waals surface area contributed by atoms with Gasteiger partial charge in [-0.05, 0) is 38.1 Å². The van der Waals surface area contributed by atoms with Gasteiger partial charge in [-0.2, -0.15) is 9.97 Å². The molecule has 3 heterocycles. The van der Waals surface area contributed by atoms with E-state index in [4.69, 9.17) is 0 Å². The number of nitrogens with zero attached hydrogens (tertiary/aromatic N) is 5. The molecule has 0 saturated heterocycles. The monoisotopic (exact) mass is 377 g/mol. The molecule has 0 unspecified atom stereocenters. The number of hydrogen-bond donors (Lipinski definition) is 0. The fourth-order valence-corrected chi connectivity index (χ4v) is 4.53. The third-order valence-electron chi connectivity index (χ3n) is 5.75. The molecule has 3 aromatic carbocycles. The molecule has 0 aliphatic carbocycles. The summed E-state index contributed by atoms with van der Waals surface area (Å²) in [5.74, 6) is 2.12. The van der Waals surface area contributed by atoms with Crippen LogP contribution < -0.4 is 0 Å². The number of benzene rings is 3. The maximum absolute atomic E-state index is 4.66. The molecule has 0 aliphatic heterocycles. The van der Waals surface area contributed by atoms with E-state index in [9.17, 15) is 0 Å². The molecule has 5 nitrogen and oxygen atoms in total. The van der Waals surface area contributed by atoms with E-state index in [1.54, 1.807) is 0 Å². The molecule has 29 heavy (non-hydrogen) atoms. The molecule has 0 amide bonds. The minimum absolute atomic E-state index is 0.667. The number of hydrogen-bond acceptors (Lipinski definition) is 3. The Bertz CT molecular complexity index is 1570. The van der Waals surface area contributed by atoms with E-state index in [-0.39, 0.29) is 0 Å². The molecule has 140 valence electrons. The molecule has 0 aliphatic rings. The first kappa shape index (κ1) is 16.2. The van der Waals surface area contributed by atoms with Crippen molar-refractivity contribution < 1.29 is 0 Å². The summed E-state index contributed by atoms with van der Waals surface area (Å²) in [6.07, 6.45) is 0. The van der Waals surface area contributed by atoms with Gasteiger partial charge in [0.1, 0.15) is 11.6 Å². The first-order valence-electron chi connectivity index (χ1n) is 9.72. The predicted molar refractivity (Wildman–Crippen MR) is 118 cm³/mol. The summed E-state index contributed by atoms with van der Waals surface area (Å²) in [7, 11) is 2.13. The van der Waals surface area contributed by atoms with Gasteiger partial charge in [-0.3, -0.25) is 4.57 Å². The van der Waals surface area contributed by atoms with Crippen LogP contribution in [0.3, 0.4) is 0 Å². The molecule has 0 fully saturated rings. The van der Waals surface area contributed by atoms with Gasteiger partial charge in [0, 0.05) is 39.6 Å². The van der Waals surface area contributed by atoms with Gasteiger partial charge in [-0.15, -0.1) is 0 Å². The smallest absolute Gasteiger partial charge is 0.238 e. The maximum Gasteiger partial charge on any atom is 0.238 e. The lowest BCUT2D eigenvalue weighted by molar-refractivity contribution is 0.864. The summed E-state index contributed by atoms with van der Waals surface area (Å²) < 4.78 is 4.43. The van der Waals surface area contributed by atoms with Gasteiger partial charge in [-0.25, -0.2) is 4.98 Å². The van der Waals surface area contributed by atoms with Crippen LogP contribution in [0.4, 0.5) is 0 Å². The van der Waals surface area contributed by atoms with Crippen molar-refractivity contribution in [2.75, 3.05) is 0 Å². The van der Waals surface area contributed by atoms with E-state index in [2.05, 4.69) is 91.8 Å². The van der Waals surface area contributed by atoms with Gasteiger partial charge in [0.15, 0.2) is 0 Å². The minimum Gasteiger partial charge on any atom is -0.344 e. The Balaban J connectivity index is 1.85. The molecule has 0 atom stereocenters. The number of aryl methyl sites for hydroxylation is 3. The van der Waals surface area contributed by atoms with Crippen molar-refractivity contribution in [1.82, 2.24) is 24.1 Å². The molecule has 6 rings (SSSR count).